The number of hydrogen-bond acceptors (Lipinski definition) is 4. The molecule has 0 saturated heterocycles. The molecule has 7 heteroatoms. The second-order valence-corrected chi connectivity index (χ2v) is 14.7. The number of methoxy groups -OCH3 is 1. The first-order valence-electron chi connectivity index (χ1n) is 17.1. The monoisotopic (exact) mass is 609 g/mol. The van der Waals surface area contributed by atoms with Crippen LogP contribution < -0.4 is 9.64 Å². The van der Waals surface area contributed by atoms with Gasteiger partial charge in [0.1, 0.15) is 5.75 Å². The van der Waals surface area contributed by atoms with E-state index in [0.717, 1.165) is 93.6 Å². The van der Waals surface area contributed by atoms with Gasteiger partial charge in [0.25, 0.3) is 0 Å². The van der Waals surface area contributed by atoms with Crippen molar-refractivity contribution in [3.05, 3.63) is 71.8 Å². The van der Waals surface area contributed by atoms with Crippen molar-refractivity contribution >= 4 is 17.6 Å². The van der Waals surface area contributed by atoms with Crippen LogP contribution in [0.15, 0.2) is 55.0 Å². The van der Waals surface area contributed by atoms with E-state index in [-0.39, 0.29) is 35.0 Å². The van der Waals surface area contributed by atoms with E-state index in [1.165, 1.54) is 24.0 Å². The number of ether oxygens (including phenoxy) is 1. The first-order valence-corrected chi connectivity index (χ1v) is 17.1. The standard InChI is InChI=1S/C38H47N3O4/c1-26-20-30(12-13-34(26)45-2)38-17-14-37(15-18-38,16-19-38)24-41(36(44)29-8-6-27(7-9-29)21-35(42)43)32-5-3-4-31(22-32)40-23-33(39-25-40)28-10-11-28/h3-5,12-13,20,22-23,25,27-29H,6-11,14-19,21,24H2,1-2H3,(H,42,43)/t27-,29-,37?,38?. The van der Waals surface area contributed by atoms with Gasteiger partial charge in [-0.15, -0.1) is 0 Å². The van der Waals surface area contributed by atoms with E-state index in [9.17, 15) is 14.7 Å². The number of nitrogens with zero attached hydrogens (tertiary/aromatic N) is 3. The van der Waals surface area contributed by atoms with Crippen molar-refractivity contribution in [2.24, 2.45) is 17.3 Å². The van der Waals surface area contributed by atoms with Gasteiger partial charge < -0.3 is 19.3 Å². The van der Waals surface area contributed by atoms with Crippen LogP contribution in [0.25, 0.3) is 5.69 Å². The fourth-order valence-corrected chi connectivity index (χ4v) is 8.75. The number of fused-ring (bicyclic) bond motifs is 3. The van der Waals surface area contributed by atoms with Crippen LogP contribution in [0.4, 0.5) is 5.69 Å². The number of benzene rings is 2. The molecule has 1 heterocycles. The number of aliphatic carboxylic acids is 1. The second-order valence-electron chi connectivity index (χ2n) is 14.7. The zero-order valence-corrected chi connectivity index (χ0v) is 26.8. The Kier molecular flexibility index (Phi) is 7.99. The maximum atomic E-state index is 14.5. The number of carboxylic acid groups (broad SMARTS) is 1. The van der Waals surface area contributed by atoms with Gasteiger partial charge >= 0.3 is 5.97 Å². The first kappa shape index (κ1) is 30.1. The highest BCUT2D eigenvalue weighted by atomic mass is 16.5. The number of carbonyl (C=O) groups is 2. The van der Waals surface area contributed by atoms with Crippen molar-refractivity contribution in [3.63, 3.8) is 0 Å². The van der Waals surface area contributed by atoms with Crippen molar-refractivity contribution in [1.82, 2.24) is 9.55 Å². The summed E-state index contributed by atoms with van der Waals surface area (Å²) in [7, 11) is 1.74. The van der Waals surface area contributed by atoms with Crippen LogP contribution in [0.5, 0.6) is 5.75 Å². The lowest BCUT2D eigenvalue weighted by Gasteiger charge is -2.55. The molecule has 0 atom stereocenters. The number of anilines is 1. The number of amides is 1. The van der Waals surface area contributed by atoms with Gasteiger partial charge in [0.15, 0.2) is 0 Å². The molecule has 5 aliphatic carbocycles. The summed E-state index contributed by atoms with van der Waals surface area (Å²) in [5, 5.41) is 9.32. The summed E-state index contributed by atoms with van der Waals surface area (Å²) < 4.78 is 7.64. The Labute approximate surface area is 267 Å². The zero-order chi connectivity index (χ0) is 31.2. The molecule has 1 N–H and O–H groups in total. The summed E-state index contributed by atoms with van der Waals surface area (Å²) in [5.41, 5.74) is 6.14. The molecule has 2 bridgehead atoms. The summed E-state index contributed by atoms with van der Waals surface area (Å²) in [6, 6.07) is 15.2. The molecule has 0 spiro atoms. The molecule has 7 nitrogen and oxygen atoms in total. The summed E-state index contributed by atoms with van der Waals surface area (Å²) in [6.45, 7) is 2.89. The van der Waals surface area contributed by atoms with E-state index in [1.54, 1.807) is 7.11 Å². The highest BCUT2D eigenvalue weighted by molar-refractivity contribution is 5.95. The third-order valence-electron chi connectivity index (χ3n) is 11.9. The predicted molar refractivity (Wildman–Crippen MR) is 175 cm³/mol. The van der Waals surface area contributed by atoms with Gasteiger partial charge in [-0.05, 0) is 136 Å². The van der Waals surface area contributed by atoms with Crippen molar-refractivity contribution in [2.75, 3.05) is 18.6 Å². The Morgan fingerprint density at radius 3 is 2.36 bits per heavy atom. The summed E-state index contributed by atoms with van der Waals surface area (Å²) >= 11 is 0. The number of rotatable bonds is 10. The Bertz CT molecular complexity index is 1540. The highest BCUT2D eigenvalue weighted by Gasteiger charge is 2.50. The molecular weight excluding hydrogens is 562 g/mol. The van der Waals surface area contributed by atoms with E-state index in [4.69, 9.17) is 4.74 Å². The van der Waals surface area contributed by atoms with E-state index >= 15 is 0 Å². The van der Waals surface area contributed by atoms with Gasteiger partial charge in [-0.25, -0.2) is 4.98 Å². The number of hydrogen-bond donors (Lipinski definition) is 1. The average Bonchev–Trinajstić information content (AvgIpc) is 3.80. The summed E-state index contributed by atoms with van der Waals surface area (Å²) in [4.78, 5) is 32.6. The lowest BCUT2D eigenvalue weighted by atomic mass is 9.51. The van der Waals surface area contributed by atoms with Crippen molar-refractivity contribution < 1.29 is 19.4 Å². The lowest BCUT2D eigenvalue weighted by molar-refractivity contribution is -0.138. The zero-order valence-electron chi connectivity index (χ0n) is 26.8. The van der Waals surface area contributed by atoms with Gasteiger partial charge in [-0.3, -0.25) is 9.59 Å². The predicted octanol–water partition coefficient (Wildman–Crippen LogP) is 7.97. The third-order valence-corrected chi connectivity index (χ3v) is 11.9. The van der Waals surface area contributed by atoms with Crippen LogP contribution in [0.3, 0.4) is 0 Å². The Hall–Kier alpha value is -3.61. The second kappa shape index (κ2) is 12.0. The number of carboxylic acids is 1. The molecule has 0 aliphatic heterocycles. The van der Waals surface area contributed by atoms with Gasteiger partial charge in [0.2, 0.25) is 5.91 Å². The summed E-state index contributed by atoms with van der Waals surface area (Å²) in [6.07, 6.45) is 16.7. The minimum atomic E-state index is -0.734. The normalized spacial score (nSPS) is 27.7. The minimum absolute atomic E-state index is 0.0571. The van der Waals surface area contributed by atoms with Crippen molar-refractivity contribution in [2.45, 2.75) is 102 Å². The smallest absolute Gasteiger partial charge is 0.303 e. The Morgan fingerprint density at radius 2 is 1.71 bits per heavy atom. The van der Waals surface area contributed by atoms with Crippen molar-refractivity contribution in [1.29, 1.82) is 0 Å². The van der Waals surface area contributed by atoms with Crippen LogP contribution in [0, 0.1) is 24.2 Å². The number of carbonyl (C=O) groups excluding carboxylic acids is 1. The maximum Gasteiger partial charge on any atom is 0.303 e. The minimum Gasteiger partial charge on any atom is -0.496 e. The van der Waals surface area contributed by atoms with Crippen LogP contribution in [0.2, 0.25) is 0 Å². The van der Waals surface area contributed by atoms with E-state index in [0.29, 0.717) is 5.92 Å². The SMILES string of the molecule is COc1ccc(C23CCC(CN(c4cccc(-n5cnc(C6CC6)c5)c4)C(=O)[C@H]4CC[C@H](CC(=O)O)CC4)(CC2)CC3)cc1C. The number of aromatic nitrogens is 2. The van der Waals surface area contributed by atoms with E-state index in [2.05, 4.69) is 70.0 Å². The molecule has 45 heavy (non-hydrogen) atoms. The van der Waals surface area contributed by atoms with Crippen molar-refractivity contribution in [3.8, 4) is 11.4 Å². The molecule has 8 rings (SSSR count). The highest BCUT2D eigenvalue weighted by Crippen LogP contribution is 2.58. The number of imidazole rings is 1. The molecule has 1 amide bonds. The van der Waals surface area contributed by atoms with Gasteiger partial charge in [0.05, 0.1) is 19.1 Å². The Morgan fingerprint density at radius 1 is 0.978 bits per heavy atom. The van der Waals surface area contributed by atoms with Crippen LogP contribution >= 0.6 is 0 Å². The molecular formula is C38H47N3O4. The van der Waals surface area contributed by atoms with Crippen LogP contribution in [-0.4, -0.2) is 40.2 Å². The molecule has 2 aromatic carbocycles. The quantitative estimate of drug-likeness (QED) is 0.252. The topological polar surface area (TPSA) is 84.7 Å². The summed E-state index contributed by atoms with van der Waals surface area (Å²) in [5.74, 6) is 1.14. The molecule has 5 aliphatic rings. The number of aryl methyl sites for hydroxylation is 1. The van der Waals surface area contributed by atoms with Crippen LogP contribution in [-0.2, 0) is 15.0 Å². The molecule has 3 aromatic rings. The molecule has 0 unspecified atom stereocenters. The molecule has 238 valence electrons. The molecule has 5 saturated carbocycles. The molecule has 0 radical (unpaired) electrons. The first-order chi connectivity index (χ1) is 21.8. The van der Waals surface area contributed by atoms with Gasteiger partial charge in [0, 0.05) is 42.4 Å². The van der Waals surface area contributed by atoms with Gasteiger partial charge in [-0.2, -0.15) is 0 Å². The van der Waals surface area contributed by atoms with Crippen LogP contribution in [0.1, 0.15) is 106 Å². The maximum absolute atomic E-state index is 14.5. The fraction of sp³-hybridized carbons (Fsp3) is 0.553. The van der Waals surface area contributed by atoms with E-state index < -0.39 is 5.97 Å². The van der Waals surface area contributed by atoms with Gasteiger partial charge in [-0.1, -0.05) is 18.2 Å². The largest absolute Gasteiger partial charge is 0.496 e. The lowest BCUT2D eigenvalue weighted by Crippen LogP contribution is -2.51. The average molecular weight is 610 g/mol. The van der Waals surface area contributed by atoms with E-state index in [1.807, 2.05) is 6.33 Å². The molecule has 1 aromatic heterocycles. The molecule has 5 fully saturated rings. The Balaban J connectivity index is 1.13. The fourth-order valence-electron chi connectivity index (χ4n) is 8.75. The third kappa shape index (κ3) is 6.03.